The van der Waals surface area contributed by atoms with Crippen molar-refractivity contribution < 1.29 is 9.50 Å². The summed E-state index contributed by atoms with van der Waals surface area (Å²) < 4.78 is 14.1. The van der Waals surface area contributed by atoms with Crippen LogP contribution in [0.5, 0.6) is 0 Å². The van der Waals surface area contributed by atoms with E-state index in [0.29, 0.717) is 12.0 Å². The van der Waals surface area contributed by atoms with Crippen molar-refractivity contribution in [1.82, 2.24) is 0 Å². The fourth-order valence-electron chi connectivity index (χ4n) is 2.47. The molecule has 0 aliphatic carbocycles. The van der Waals surface area contributed by atoms with Crippen molar-refractivity contribution in [2.24, 2.45) is 5.73 Å². The maximum Gasteiger partial charge on any atom is 0.127 e. The fourth-order valence-corrected chi connectivity index (χ4v) is 2.47. The van der Waals surface area contributed by atoms with Crippen molar-refractivity contribution in [3.8, 4) is 0 Å². The van der Waals surface area contributed by atoms with Gasteiger partial charge in [-0.2, -0.15) is 0 Å². The van der Waals surface area contributed by atoms with Crippen LogP contribution in [0.25, 0.3) is 0 Å². The van der Waals surface area contributed by atoms with Gasteiger partial charge in [-0.1, -0.05) is 48.0 Å². The Bertz CT molecular complexity index is 561. The zero-order valence-corrected chi connectivity index (χ0v) is 11.6. The van der Waals surface area contributed by atoms with Crippen molar-refractivity contribution in [2.45, 2.75) is 18.8 Å². The Morgan fingerprint density at radius 1 is 1.10 bits per heavy atom. The Hall–Kier alpha value is -1.71. The Labute approximate surface area is 119 Å². The molecule has 2 aromatic carbocycles. The lowest BCUT2D eigenvalue weighted by Crippen LogP contribution is -2.41. The lowest BCUT2D eigenvalue weighted by Gasteiger charge is -2.31. The molecule has 1 atom stereocenters. The van der Waals surface area contributed by atoms with Crippen LogP contribution in [0.1, 0.15) is 16.7 Å². The van der Waals surface area contributed by atoms with Crippen LogP contribution in [0.2, 0.25) is 0 Å². The molecule has 0 aromatic heterocycles. The van der Waals surface area contributed by atoms with Crippen LogP contribution in [-0.2, 0) is 11.8 Å². The zero-order chi connectivity index (χ0) is 14.6. The summed E-state index contributed by atoms with van der Waals surface area (Å²) in [5.74, 6) is -0.320. The number of hydrogen-bond acceptors (Lipinski definition) is 2. The van der Waals surface area contributed by atoms with Crippen molar-refractivity contribution in [3.05, 3.63) is 71.0 Å². The van der Waals surface area contributed by atoms with Gasteiger partial charge in [-0.3, -0.25) is 0 Å². The summed E-state index contributed by atoms with van der Waals surface area (Å²) in [5.41, 5.74) is 7.78. The van der Waals surface area contributed by atoms with E-state index < -0.39 is 5.41 Å². The van der Waals surface area contributed by atoms with E-state index in [0.717, 1.165) is 5.56 Å². The standard InChI is InChI=1S/C17H20FNO/c1-13-6-8-14(9-7-13)10-17(11-19,12-20)15-4-2-3-5-16(15)18/h2-9,20H,10-12,19H2,1H3. The number of aryl methyl sites for hydroxylation is 1. The minimum absolute atomic E-state index is 0.182. The van der Waals surface area contributed by atoms with E-state index in [4.69, 9.17) is 5.73 Å². The first-order valence-electron chi connectivity index (χ1n) is 6.73. The summed E-state index contributed by atoms with van der Waals surface area (Å²) in [5, 5.41) is 9.82. The lowest BCUT2D eigenvalue weighted by atomic mass is 9.76. The maximum absolute atomic E-state index is 14.1. The first kappa shape index (κ1) is 14.7. The number of aliphatic hydroxyl groups excluding tert-OH is 1. The third-order valence-corrected chi connectivity index (χ3v) is 3.80. The van der Waals surface area contributed by atoms with Gasteiger partial charge in [0.25, 0.3) is 0 Å². The molecule has 20 heavy (non-hydrogen) atoms. The van der Waals surface area contributed by atoms with E-state index in [1.807, 2.05) is 31.2 Å². The minimum atomic E-state index is -0.777. The second-order valence-electron chi connectivity index (χ2n) is 5.28. The first-order chi connectivity index (χ1) is 9.61. The Morgan fingerprint density at radius 3 is 2.30 bits per heavy atom. The van der Waals surface area contributed by atoms with Crippen LogP contribution in [0.15, 0.2) is 48.5 Å². The molecular formula is C17H20FNO. The Balaban J connectivity index is 2.39. The number of hydrogen-bond donors (Lipinski definition) is 2. The van der Waals surface area contributed by atoms with Gasteiger partial charge in [-0.05, 0) is 30.5 Å². The van der Waals surface area contributed by atoms with Crippen molar-refractivity contribution in [3.63, 3.8) is 0 Å². The molecular weight excluding hydrogens is 253 g/mol. The Kier molecular flexibility index (Phi) is 4.53. The number of benzene rings is 2. The highest BCUT2D eigenvalue weighted by atomic mass is 19.1. The van der Waals surface area contributed by atoms with Crippen LogP contribution < -0.4 is 5.73 Å². The van der Waals surface area contributed by atoms with E-state index in [2.05, 4.69) is 0 Å². The second kappa shape index (κ2) is 6.16. The topological polar surface area (TPSA) is 46.2 Å². The lowest BCUT2D eigenvalue weighted by molar-refractivity contribution is 0.192. The van der Waals surface area contributed by atoms with Crippen LogP contribution in [-0.4, -0.2) is 18.3 Å². The van der Waals surface area contributed by atoms with Gasteiger partial charge < -0.3 is 10.8 Å². The quantitative estimate of drug-likeness (QED) is 0.879. The smallest absolute Gasteiger partial charge is 0.127 e. The van der Waals surface area contributed by atoms with Gasteiger partial charge >= 0.3 is 0 Å². The largest absolute Gasteiger partial charge is 0.395 e. The van der Waals surface area contributed by atoms with Gasteiger partial charge in [0, 0.05) is 12.0 Å². The Morgan fingerprint density at radius 2 is 1.75 bits per heavy atom. The second-order valence-corrected chi connectivity index (χ2v) is 5.28. The van der Waals surface area contributed by atoms with Gasteiger partial charge in [-0.15, -0.1) is 0 Å². The molecule has 0 saturated carbocycles. The van der Waals surface area contributed by atoms with Gasteiger partial charge in [-0.25, -0.2) is 4.39 Å². The third-order valence-electron chi connectivity index (χ3n) is 3.80. The van der Waals surface area contributed by atoms with Crippen molar-refractivity contribution >= 4 is 0 Å². The van der Waals surface area contributed by atoms with Crippen molar-refractivity contribution in [1.29, 1.82) is 0 Å². The summed E-state index contributed by atoms with van der Waals surface area (Å²) >= 11 is 0. The molecule has 0 aliphatic rings. The molecule has 3 N–H and O–H groups in total. The van der Waals surface area contributed by atoms with E-state index in [1.54, 1.807) is 18.2 Å². The normalized spacial score (nSPS) is 14.0. The molecule has 2 nitrogen and oxygen atoms in total. The summed E-state index contributed by atoms with van der Waals surface area (Å²) in [6.07, 6.45) is 0.515. The molecule has 0 radical (unpaired) electrons. The van der Waals surface area contributed by atoms with E-state index in [9.17, 15) is 9.50 Å². The SMILES string of the molecule is Cc1ccc(CC(CN)(CO)c2ccccc2F)cc1. The average Bonchev–Trinajstić information content (AvgIpc) is 2.48. The van der Waals surface area contributed by atoms with E-state index in [-0.39, 0.29) is 19.0 Å². The van der Waals surface area contributed by atoms with Gasteiger partial charge in [0.1, 0.15) is 5.82 Å². The third kappa shape index (κ3) is 2.89. The summed E-state index contributed by atoms with van der Waals surface area (Å²) in [7, 11) is 0. The zero-order valence-electron chi connectivity index (χ0n) is 11.6. The highest BCUT2D eigenvalue weighted by molar-refractivity contribution is 5.32. The molecule has 0 bridgehead atoms. The fraction of sp³-hybridized carbons (Fsp3) is 0.294. The van der Waals surface area contributed by atoms with Crippen LogP contribution >= 0.6 is 0 Å². The monoisotopic (exact) mass is 273 g/mol. The maximum atomic E-state index is 14.1. The predicted molar refractivity (Wildman–Crippen MR) is 79.1 cm³/mol. The molecule has 0 fully saturated rings. The molecule has 2 aromatic rings. The molecule has 3 heteroatoms. The number of aliphatic hydroxyl groups is 1. The molecule has 0 heterocycles. The molecule has 2 rings (SSSR count). The summed E-state index contributed by atoms with van der Waals surface area (Å²) in [6, 6.07) is 14.5. The molecule has 106 valence electrons. The molecule has 0 saturated heterocycles. The summed E-state index contributed by atoms with van der Waals surface area (Å²) in [4.78, 5) is 0. The van der Waals surface area contributed by atoms with Crippen molar-refractivity contribution in [2.75, 3.05) is 13.2 Å². The number of halogens is 1. The van der Waals surface area contributed by atoms with Crippen LogP contribution in [0.4, 0.5) is 4.39 Å². The minimum Gasteiger partial charge on any atom is -0.395 e. The van der Waals surface area contributed by atoms with E-state index in [1.165, 1.54) is 11.6 Å². The number of nitrogens with two attached hydrogens (primary N) is 1. The highest BCUT2D eigenvalue weighted by Gasteiger charge is 2.32. The highest BCUT2D eigenvalue weighted by Crippen LogP contribution is 2.29. The van der Waals surface area contributed by atoms with Crippen LogP contribution in [0, 0.1) is 12.7 Å². The first-order valence-corrected chi connectivity index (χ1v) is 6.73. The van der Waals surface area contributed by atoms with Gasteiger partial charge in [0.05, 0.1) is 6.61 Å². The molecule has 0 aliphatic heterocycles. The number of rotatable bonds is 5. The predicted octanol–water partition coefficient (Wildman–Crippen LogP) is 2.57. The molecule has 1 unspecified atom stereocenters. The average molecular weight is 273 g/mol. The molecule has 0 spiro atoms. The van der Waals surface area contributed by atoms with Crippen LogP contribution in [0.3, 0.4) is 0 Å². The van der Waals surface area contributed by atoms with Gasteiger partial charge in [0.15, 0.2) is 0 Å². The summed E-state index contributed by atoms with van der Waals surface area (Å²) in [6.45, 7) is 2.03. The van der Waals surface area contributed by atoms with Gasteiger partial charge in [0.2, 0.25) is 0 Å². The molecule has 0 amide bonds. The van der Waals surface area contributed by atoms with E-state index >= 15 is 0 Å².